The number of nitrogens with zero attached hydrogens (tertiary/aromatic N) is 2. The molecule has 0 aliphatic rings. The van der Waals surface area contributed by atoms with E-state index in [2.05, 4.69) is 10.3 Å². The van der Waals surface area contributed by atoms with Gasteiger partial charge in [0.1, 0.15) is 12.4 Å². The van der Waals surface area contributed by atoms with Crippen molar-refractivity contribution in [3.05, 3.63) is 78.1 Å². The molecule has 0 saturated heterocycles. The van der Waals surface area contributed by atoms with Crippen LogP contribution in [0.15, 0.2) is 76.9 Å². The van der Waals surface area contributed by atoms with Gasteiger partial charge in [-0.2, -0.15) is 0 Å². The Labute approximate surface area is 191 Å². The molecule has 8 heteroatoms. The molecule has 1 atom stereocenters. The molecule has 168 valence electrons. The van der Waals surface area contributed by atoms with E-state index in [1.54, 1.807) is 4.57 Å². The molecule has 0 saturated carbocycles. The smallest absolute Gasteiger partial charge is 0.405 e. The third kappa shape index (κ3) is 6.70. The Morgan fingerprint density at radius 1 is 1.09 bits per heavy atom. The summed E-state index contributed by atoms with van der Waals surface area (Å²) in [4.78, 5) is 30.0. The first-order chi connectivity index (χ1) is 15.4. The van der Waals surface area contributed by atoms with Crippen molar-refractivity contribution in [3.63, 3.8) is 0 Å². The Hall–Kier alpha value is -3.10. The lowest BCUT2D eigenvalue weighted by Gasteiger charge is -2.19. The minimum Gasteiger partial charge on any atom is -0.465 e. The van der Waals surface area contributed by atoms with Crippen LogP contribution in [-0.4, -0.2) is 32.6 Å². The second-order valence-electron chi connectivity index (χ2n) is 7.73. The van der Waals surface area contributed by atoms with Gasteiger partial charge in [0.15, 0.2) is 5.16 Å². The monoisotopic (exact) mass is 453 g/mol. The molecule has 1 aromatic heterocycles. The molecule has 3 rings (SSSR count). The summed E-state index contributed by atoms with van der Waals surface area (Å²) in [6.07, 6.45) is 0.660. The molecular formula is C24H27N3O4S. The third-order valence-corrected chi connectivity index (χ3v) is 5.69. The number of Topliss-reactive ketones (excluding diaryl/α,β-unsaturated/α-hetero) is 1. The van der Waals surface area contributed by atoms with E-state index in [1.165, 1.54) is 18.0 Å². The first kappa shape index (κ1) is 23.6. The number of ether oxygens (including phenoxy) is 1. The topological polar surface area (TPSA) is 93.5 Å². The van der Waals surface area contributed by atoms with E-state index in [9.17, 15) is 14.7 Å². The number of nitrogens with one attached hydrogen (secondary N) is 1. The number of ketones is 1. The fraction of sp³-hybridized carbons (Fsp3) is 0.292. The summed E-state index contributed by atoms with van der Waals surface area (Å²) in [7, 11) is 0. The lowest BCUT2D eigenvalue weighted by atomic mass is 9.99. The van der Waals surface area contributed by atoms with Crippen molar-refractivity contribution in [1.29, 1.82) is 0 Å². The molecule has 2 aromatic carbocycles. The maximum absolute atomic E-state index is 13.3. The van der Waals surface area contributed by atoms with Gasteiger partial charge in [-0.25, -0.2) is 9.78 Å². The average Bonchev–Trinajstić information content (AvgIpc) is 3.16. The zero-order valence-electron chi connectivity index (χ0n) is 18.1. The summed E-state index contributed by atoms with van der Waals surface area (Å²) in [6.45, 7) is 4.39. The number of amides is 1. The lowest BCUT2D eigenvalue weighted by molar-refractivity contribution is 0.0551. The second-order valence-corrected chi connectivity index (χ2v) is 8.77. The number of hydrogen-bond donors (Lipinski definition) is 2. The van der Waals surface area contributed by atoms with Crippen molar-refractivity contribution in [2.45, 2.75) is 49.7 Å². The van der Waals surface area contributed by atoms with Gasteiger partial charge >= 0.3 is 6.09 Å². The van der Waals surface area contributed by atoms with E-state index in [0.29, 0.717) is 23.9 Å². The van der Waals surface area contributed by atoms with Gasteiger partial charge in [-0.3, -0.25) is 9.36 Å². The number of benzene rings is 2. The Kier molecular flexibility index (Phi) is 8.47. The quantitative estimate of drug-likeness (QED) is 0.394. The van der Waals surface area contributed by atoms with Crippen molar-refractivity contribution in [2.24, 2.45) is 5.92 Å². The van der Waals surface area contributed by atoms with Gasteiger partial charge in [0, 0.05) is 4.90 Å². The van der Waals surface area contributed by atoms with Crippen LogP contribution < -0.4 is 5.32 Å². The van der Waals surface area contributed by atoms with Crippen molar-refractivity contribution >= 4 is 23.6 Å². The maximum atomic E-state index is 13.3. The number of aromatic nitrogens is 2. The van der Waals surface area contributed by atoms with Gasteiger partial charge in [0.25, 0.3) is 0 Å². The minimum absolute atomic E-state index is 0.118. The average molecular weight is 454 g/mol. The fourth-order valence-electron chi connectivity index (χ4n) is 3.22. The van der Waals surface area contributed by atoms with Crippen LogP contribution in [0.4, 0.5) is 4.79 Å². The highest BCUT2D eigenvalue weighted by molar-refractivity contribution is 7.99. The van der Waals surface area contributed by atoms with Crippen LogP contribution >= 0.6 is 11.8 Å². The summed E-state index contributed by atoms with van der Waals surface area (Å²) in [5.41, 5.74) is 1.33. The summed E-state index contributed by atoms with van der Waals surface area (Å²) in [5.74, 6) is -0.184. The SMILES string of the molecule is CC(C)CC(NC(=O)O)C(=O)c1cnc(Sc2ccccc2)n1COCc1ccccc1. The Balaban J connectivity index is 1.86. The molecule has 0 aliphatic heterocycles. The van der Waals surface area contributed by atoms with Gasteiger partial charge in [0.2, 0.25) is 5.78 Å². The van der Waals surface area contributed by atoms with Gasteiger partial charge in [0.05, 0.1) is 18.8 Å². The van der Waals surface area contributed by atoms with E-state index in [1.807, 2.05) is 74.5 Å². The number of carbonyl (C=O) groups is 2. The van der Waals surface area contributed by atoms with Crippen LogP contribution in [0.25, 0.3) is 0 Å². The van der Waals surface area contributed by atoms with Crippen LogP contribution in [0.2, 0.25) is 0 Å². The van der Waals surface area contributed by atoms with Gasteiger partial charge < -0.3 is 15.2 Å². The first-order valence-corrected chi connectivity index (χ1v) is 11.2. The van der Waals surface area contributed by atoms with Crippen molar-refractivity contribution in [3.8, 4) is 0 Å². The second kappa shape index (κ2) is 11.5. The van der Waals surface area contributed by atoms with Crippen molar-refractivity contribution in [2.75, 3.05) is 0 Å². The maximum Gasteiger partial charge on any atom is 0.405 e. The van der Waals surface area contributed by atoms with E-state index < -0.39 is 12.1 Å². The first-order valence-electron chi connectivity index (χ1n) is 10.4. The highest BCUT2D eigenvalue weighted by Gasteiger charge is 2.27. The van der Waals surface area contributed by atoms with Gasteiger partial charge in [-0.1, -0.05) is 74.1 Å². The summed E-state index contributed by atoms with van der Waals surface area (Å²) in [5, 5.41) is 12.2. The van der Waals surface area contributed by atoms with Crippen LogP contribution in [0.3, 0.4) is 0 Å². The molecule has 2 N–H and O–H groups in total. The van der Waals surface area contributed by atoms with Crippen molar-refractivity contribution < 1.29 is 19.4 Å². The zero-order valence-corrected chi connectivity index (χ0v) is 18.9. The number of carboxylic acid groups (broad SMARTS) is 1. The van der Waals surface area contributed by atoms with Gasteiger partial charge in [-0.05, 0) is 30.0 Å². The Bertz CT molecular complexity index is 1020. The largest absolute Gasteiger partial charge is 0.465 e. The molecule has 0 radical (unpaired) electrons. The predicted molar refractivity (Wildman–Crippen MR) is 123 cm³/mol. The Morgan fingerprint density at radius 2 is 1.75 bits per heavy atom. The molecular weight excluding hydrogens is 426 g/mol. The lowest BCUT2D eigenvalue weighted by Crippen LogP contribution is -2.41. The highest BCUT2D eigenvalue weighted by Crippen LogP contribution is 2.28. The van der Waals surface area contributed by atoms with Crippen LogP contribution in [0, 0.1) is 5.92 Å². The normalized spacial score (nSPS) is 12.0. The molecule has 1 unspecified atom stereocenters. The number of imidazole rings is 1. The number of carbonyl (C=O) groups excluding carboxylic acids is 1. The van der Waals surface area contributed by atoms with Crippen LogP contribution in [0.5, 0.6) is 0 Å². The molecule has 1 amide bonds. The van der Waals surface area contributed by atoms with E-state index >= 15 is 0 Å². The van der Waals surface area contributed by atoms with Crippen LogP contribution in [-0.2, 0) is 18.1 Å². The van der Waals surface area contributed by atoms with E-state index in [4.69, 9.17) is 4.74 Å². The number of rotatable bonds is 11. The summed E-state index contributed by atoms with van der Waals surface area (Å²) < 4.78 is 7.60. The molecule has 0 aliphatic carbocycles. The highest BCUT2D eigenvalue weighted by atomic mass is 32.2. The zero-order chi connectivity index (χ0) is 22.9. The molecule has 0 spiro atoms. The third-order valence-electron chi connectivity index (χ3n) is 4.68. The Morgan fingerprint density at radius 3 is 2.38 bits per heavy atom. The van der Waals surface area contributed by atoms with Crippen LogP contribution in [0.1, 0.15) is 36.3 Å². The fourth-order valence-corrected chi connectivity index (χ4v) is 4.09. The standard InChI is InChI=1S/C24H27N3O4S/c1-17(2)13-20(26-24(29)30)22(28)21-14-25-23(32-19-11-7-4-8-12-19)27(21)16-31-15-18-9-5-3-6-10-18/h3-12,14,17,20,26H,13,15-16H2,1-2H3,(H,29,30). The van der Waals surface area contributed by atoms with E-state index in [0.717, 1.165) is 10.5 Å². The molecule has 3 aromatic rings. The summed E-state index contributed by atoms with van der Waals surface area (Å²) >= 11 is 1.42. The van der Waals surface area contributed by atoms with Crippen molar-refractivity contribution in [1.82, 2.24) is 14.9 Å². The van der Waals surface area contributed by atoms with Gasteiger partial charge in [-0.15, -0.1) is 0 Å². The van der Waals surface area contributed by atoms with E-state index in [-0.39, 0.29) is 18.4 Å². The molecule has 7 nitrogen and oxygen atoms in total. The minimum atomic E-state index is -1.23. The molecule has 0 bridgehead atoms. The molecule has 0 fully saturated rings. The predicted octanol–water partition coefficient (Wildman–Crippen LogP) is 5.07. The number of hydrogen-bond acceptors (Lipinski definition) is 5. The molecule has 1 heterocycles. The summed E-state index contributed by atoms with van der Waals surface area (Å²) in [6, 6.07) is 18.6. The molecule has 32 heavy (non-hydrogen) atoms.